The van der Waals surface area contributed by atoms with Crippen LogP contribution in [0.5, 0.6) is 5.88 Å². The number of anilines is 1. The van der Waals surface area contributed by atoms with Crippen LogP contribution in [0.15, 0.2) is 6.07 Å². The van der Waals surface area contributed by atoms with Gasteiger partial charge in [0.1, 0.15) is 11.6 Å². The second-order valence-electron chi connectivity index (χ2n) is 4.84. The van der Waals surface area contributed by atoms with E-state index in [2.05, 4.69) is 15.3 Å². The molecule has 0 aromatic carbocycles. The molecule has 1 N–H and O–H groups in total. The van der Waals surface area contributed by atoms with Gasteiger partial charge in [0, 0.05) is 18.0 Å². The van der Waals surface area contributed by atoms with Crippen LogP contribution in [0.2, 0.25) is 0 Å². The third-order valence-corrected chi connectivity index (χ3v) is 3.81. The molecule has 0 aliphatic heterocycles. The predicted molar refractivity (Wildman–Crippen MR) is 73.4 cm³/mol. The minimum atomic E-state index is 0.377. The molecule has 0 radical (unpaired) electrons. The lowest BCUT2D eigenvalue weighted by atomic mass is 9.89. The maximum absolute atomic E-state index is 6.10. The van der Waals surface area contributed by atoms with Gasteiger partial charge in [-0.15, -0.1) is 11.6 Å². The van der Waals surface area contributed by atoms with Crippen molar-refractivity contribution < 1.29 is 4.74 Å². The Bertz CT molecular complexity index is 392. The molecule has 1 heterocycles. The Kier molecular flexibility index (Phi) is 4.64. The van der Waals surface area contributed by atoms with Gasteiger partial charge < -0.3 is 10.1 Å². The van der Waals surface area contributed by atoms with E-state index in [4.69, 9.17) is 16.3 Å². The number of methoxy groups -OCH3 is 1. The summed E-state index contributed by atoms with van der Waals surface area (Å²) in [7, 11) is 1.62. The molecule has 0 saturated heterocycles. The van der Waals surface area contributed by atoms with Crippen molar-refractivity contribution in [2.45, 2.75) is 38.0 Å². The normalized spacial score (nSPS) is 23.7. The average molecular weight is 270 g/mol. The van der Waals surface area contributed by atoms with Crippen molar-refractivity contribution in [3.8, 4) is 5.88 Å². The lowest BCUT2D eigenvalue weighted by Gasteiger charge is -2.25. The molecule has 2 rings (SSSR count). The lowest BCUT2D eigenvalue weighted by Crippen LogP contribution is -2.21. The molecule has 0 spiro atoms. The first-order valence-electron chi connectivity index (χ1n) is 6.45. The van der Waals surface area contributed by atoms with Crippen LogP contribution in [-0.4, -0.2) is 29.0 Å². The zero-order chi connectivity index (χ0) is 13.0. The van der Waals surface area contributed by atoms with Gasteiger partial charge in [-0.3, -0.25) is 0 Å². The molecule has 18 heavy (non-hydrogen) atoms. The Morgan fingerprint density at radius 2 is 2.06 bits per heavy atom. The third-order valence-electron chi connectivity index (χ3n) is 3.37. The van der Waals surface area contributed by atoms with Crippen molar-refractivity contribution in [2.24, 2.45) is 5.92 Å². The largest absolute Gasteiger partial charge is 0.481 e. The number of aryl methyl sites for hydroxylation is 1. The molecule has 1 aliphatic carbocycles. The van der Waals surface area contributed by atoms with Crippen LogP contribution in [0.4, 0.5) is 5.82 Å². The van der Waals surface area contributed by atoms with Crippen LogP contribution in [0.25, 0.3) is 0 Å². The molecular formula is C13H20ClN3O. The summed E-state index contributed by atoms with van der Waals surface area (Å²) in [5.74, 6) is 2.87. The van der Waals surface area contributed by atoms with Crippen LogP contribution >= 0.6 is 11.6 Å². The molecule has 0 bridgehead atoms. The van der Waals surface area contributed by atoms with Crippen molar-refractivity contribution in [1.29, 1.82) is 0 Å². The number of hydrogen-bond donors (Lipinski definition) is 1. The van der Waals surface area contributed by atoms with Gasteiger partial charge in [-0.05, 0) is 38.5 Å². The smallest absolute Gasteiger partial charge is 0.218 e. The van der Waals surface area contributed by atoms with E-state index in [9.17, 15) is 0 Å². The van der Waals surface area contributed by atoms with Crippen LogP contribution in [0.3, 0.4) is 0 Å². The SMILES string of the molecule is COc1cc(NCC2CCC(Cl)CC2)nc(C)n1. The zero-order valence-electron chi connectivity index (χ0n) is 10.9. The van der Waals surface area contributed by atoms with E-state index in [0.29, 0.717) is 17.2 Å². The zero-order valence-corrected chi connectivity index (χ0v) is 11.7. The highest BCUT2D eigenvalue weighted by Crippen LogP contribution is 2.27. The van der Waals surface area contributed by atoms with E-state index < -0.39 is 0 Å². The van der Waals surface area contributed by atoms with Crippen molar-refractivity contribution in [1.82, 2.24) is 9.97 Å². The van der Waals surface area contributed by atoms with E-state index in [0.717, 1.165) is 31.0 Å². The summed E-state index contributed by atoms with van der Waals surface area (Å²) in [6.07, 6.45) is 4.64. The highest BCUT2D eigenvalue weighted by atomic mass is 35.5. The first-order chi connectivity index (χ1) is 8.67. The van der Waals surface area contributed by atoms with Crippen molar-refractivity contribution in [3.63, 3.8) is 0 Å². The Balaban J connectivity index is 1.88. The van der Waals surface area contributed by atoms with Crippen molar-refractivity contribution >= 4 is 17.4 Å². The standard InChI is InChI=1S/C13H20ClN3O/c1-9-16-12(7-13(17-9)18-2)15-8-10-3-5-11(14)6-4-10/h7,10-11H,3-6,8H2,1-2H3,(H,15,16,17). The van der Waals surface area contributed by atoms with Gasteiger partial charge in [-0.1, -0.05) is 0 Å². The first kappa shape index (κ1) is 13.4. The average Bonchev–Trinajstić information content (AvgIpc) is 2.37. The van der Waals surface area contributed by atoms with Crippen LogP contribution in [0, 0.1) is 12.8 Å². The van der Waals surface area contributed by atoms with Gasteiger partial charge in [0.25, 0.3) is 0 Å². The van der Waals surface area contributed by atoms with Gasteiger partial charge in [-0.2, -0.15) is 4.98 Å². The van der Waals surface area contributed by atoms with E-state index in [1.165, 1.54) is 12.8 Å². The van der Waals surface area contributed by atoms with Gasteiger partial charge in [0.05, 0.1) is 7.11 Å². The van der Waals surface area contributed by atoms with Crippen molar-refractivity contribution in [3.05, 3.63) is 11.9 Å². The molecule has 1 aromatic heterocycles. The van der Waals surface area contributed by atoms with Gasteiger partial charge in [0.15, 0.2) is 0 Å². The summed E-state index contributed by atoms with van der Waals surface area (Å²) >= 11 is 6.10. The third kappa shape index (κ3) is 3.73. The molecule has 4 nitrogen and oxygen atoms in total. The van der Waals surface area contributed by atoms with Crippen LogP contribution in [0.1, 0.15) is 31.5 Å². The molecule has 0 atom stereocenters. The number of ether oxygens (including phenoxy) is 1. The lowest BCUT2D eigenvalue weighted by molar-refractivity contribution is 0.377. The summed E-state index contributed by atoms with van der Waals surface area (Å²) in [5.41, 5.74) is 0. The van der Waals surface area contributed by atoms with E-state index in [-0.39, 0.29) is 0 Å². The Hall–Kier alpha value is -1.03. The van der Waals surface area contributed by atoms with Crippen LogP contribution < -0.4 is 10.1 Å². The first-order valence-corrected chi connectivity index (χ1v) is 6.88. The number of hydrogen-bond acceptors (Lipinski definition) is 4. The molecule has 5 heteroatoms. The molecular weight excluding hydrogens is 250 g/mol. The topological polar surface area (TPSA) is 47.0 Å². The maximum Gasteiger partial charge on any atom is 0.218 e. The highest BCUT2D eigenvalue weighted by molar-refractivity contribution is 6.20. The molecule has 100 valence electrons. The summed E-state index contributed by atoms with van der Waals surface area (Å²) < 4.78 is 5.13. The number of rotatable bonds is 4. The molecule has 1 fully saturated rings. The number of nitrogens with zero attached hydrogens (tertiary/aromatic N) is 2. The number of nitrogens with one attached hydrogen (secondary N) is 1. The second kappa shape index (κ2) is 6.23. The summed E-state index contributed by atoms with van der Waals surface area (Å²) in [5, 5.41) is 3.75. The van der Waals surface area contributed by atoms with Gasteiger partial charge in [0.2, 0.25) is 5.88 Å². The monoisotopic (exact) mass is 269 g/mol. The molecule has 1 aliphatic rings. The molecule has 0 unspecified atom stereocenters. The Labute approximate surface area is 113 Å². The minimum Gasteiger partial charge on any atom is -0.481 e. The van der Waals surface area contributed by atoms with Crippen molar-refractivity contribution in [2.75, 3.05) is 19.0 Å². The highest BCUT2D eigenvalue weighted by Gasteiger charge is 2.19. The maximum atomic E-state index is 6.10. The van der Waals surface area contributed by atoms with E-state index in [1.807, 2.05) is 13.0 Å². The van der Waals surface area contributed by atoms with E-state index in [1.54, 1.807) is 7.11 Å². The summed E-state index contributed by atoms with van der Waals surface area (Å²) in [6, 6.07) is 1.83. The number of alkyl halides is 1. The molecule has 1 saturated carbocycles. The fourth-order valence-electron chi connectivity index (χ4n) is 2.31. The van der Waals surface area contributed by atoms with Gasteiger partial charge >= 0.3 is 0 Å². The molecule has 1 aromatic rings. The minimum absolute atomic E-state index is 0.377. The fraction of sp³-hybridized carbons (Fsp3) is 0.692. The predicted octanol–water partition coefficient (Wildman–Crippen LogP) is 3.00. The number of halogens is 1. The molecule has 0 amide bonds. The Morgan fingerprint density at radius 3 is 2.72 bits per heavy atom. The van der Waals surface area contributed by atoms with E-state index >= 15 is 0 Å². The second-order valence-corrected chi connectivity index (χ2v) is 5.46. The summed E-state index contributed by atoms with van der Waals surface area (Å²) in [4.78, 5) is 8.52. The number of aromatic nitrogens is 2. The van der Waals surface area contributed by atoms with Crippen LogP contribution in [-0.2, 0) is 0 Å². The van der Waals surface area contributed by atoms with Gasteiger partial charge in [-0.25, -0.2) is 4.98 Å². The summed E-state index contributed by atoms with van der Waals surface area (Å²) in [6.45, 7) is 2.82. The fourth-order valence-corrected chi connectivity index (χ4v) is 2.56. The quantitative estimate of drug-likeness (QED) is 0.854. The Morgan fingerprint density at radius 1 is 1.33 bits per heavy atom.